The van der Waals surface area contributed by atoms with E-state index in [1.807, 2.05) is 0 Å². The van der Waals surface area contributed by atoms with Gasteiger partial charge in [-0.25, -0.2) is 0 Å². The number of ether oxygens (including phenoxy) is 1. The first kappa shape index (κ1) is 12.6. The van der Waals surface area contributed by atoms with E-state index in [1.54, 1.807) is 11.3 Å². The number of piperidine rings is 1. The normalized spacial score (nSPS) is 21.4. The monoisotopic (exact) mass is 253 g/mol. The highest BCUT2D eigenvalue weighted by molar-refractivity contribution is 7.07. The van der Waals surface area contributed by atoms with E-state index < -0.39 is 0 Å². The van der Waals surface area contributed by atoms with E-state index in [1.165, 1.54) is 19.1 Å². The number of hydrogen-bond acceptors (Lipinski definition) is 4. The Kier molecular flexibility index (Phi) is 4.57. The molecule has 1 aliphatic rings. The van der Waals surface area contributed by atoms with Crippen molar-refractivity contribution < 1.29 is 9.53 Å². The minimum Gasteiger partial charge on any atom is -0.468 e. The summed E-state index contributed by atoms with van der Waals surface area (Å²) in [5.41, 5.74) is 1.36. The molecule has 1 saturated heterocycles. The summed E-state index contributed by atoms with van der Waals surface area (Å²) in [7, 11) is 1.48. The number of nitrogens with zero attached hydrogens (tertiary/aromatic N) is 1. The van der Waals surface area contributed by atoms with Gasteiger partial charge in [0.1, 0.15) is 6.04 Å². The van der Waals surface area contributed by atoms with Crippen molar-refractivity contribution in [3.05, 3.63) is 22.4 Å². The maximum atomic E-state index is 11.7. The molecule has 4 heteroatoms. The molecule has 1 atom stereocenters. The highest BCUT2D eigenvalue weighted by atomic mass is 32.1. The molecule has 0 aliphatic carbocycles. The van der Waals surface area contributed by atoms with Crippen LogP contribution in [0, 0.1) is 0 Å². The van der Waals surface area contributed by atoms with Crippen molar-refractivity contribution in [1.82, 2.24) is 4.90 Å². The van der Waals surface area contributed by atoms with Crippen molar-refractivity contribution >= 4 is 17.3 Å². The van der Waals surface area contributed by atoms with Gasteiger partial charge in [0, 0.05) is 6.54 Å². The highest BCUT2D eigenvalue weighted by Gasteiger charge is 2.28. The summed E-state index contributed by atoms with van der Waals surface area (Å²) in [4.78, 5) is 13.9. The molecule has 1 fully saturated rings. The molecule has 1 aromatic rings. The van der Waals surface area contributed by atoms with Crippen molar-refractivity contribution in [3.8, 4) is 0 Å². The Balaban J connectivity index is 1.90. The summed E-state index contributed by atoms with van der Waals surface area (Å²) < 4.78 is 4.88. The molecule has 0 aromatic carbocycles. The second-order valence-electron chi connectivity index (χ2n) is 4.45. The van der Waals surface area contributed by atoms with E-state index in [4.69, 9.17) is 4.74 Å². The third kappa shape index (κ3) is 3.30. The van der Waals surface area contributed by atoms with Crippen LogP contribution in [0.2, 0.25) is 0 Å². The number of esters is 1. The number of methoxy groups -OCH3 is 1. The average molecular weight is 253 g/mol. The number of rotatable bonds is 4. The van der Waals surface area contributed by atoms with Crippen LogP contribution in [0.3, 0.4) is 0 Å². The second kappa shape index (κ2) is 6.17. The molecule has 2 heterocycles. The van der Waals surface area contributed by atoms with E-state index in [9.17, 15) is 4.79 Å². The van der Waals surface area contributed by atoms with Crippen LogP contribution in [0.25, 0.3) is 0 Å². The molecule has 0 radical (unpaired) electrons. The minimum atomic E-state index is -0.0741. The van der Waals surface area contributed by atoms with E-state index in [2.05, 4.69) is 21.7 Å². The summed E-state index contributed by atoms with van der Waals surface area (Å²) in [6, 6.07) is 2.13. The zero-order chi connectivity index (χ0) is 12.1. The molecular weight excluding hydrogens is 234 g/mol. The largest absolute Gasteiger partial charge is 0.468 e. The standard InChI is InChI=1S/C13H19NO2S/c1-16-13(15)12-4-2-3-7-14(12)8-5-11-6-9-17-10-11/h6,9-10,12H,2-5,7-8H2,1H3/t12-/m1/s1. The van der Waals surface area contributed by atoms with Crippen LogP contribution in [0.1, 0.15) is 24.8 Å². The number of likely N-dealkylation sites (tertiary alicyclic amines) is 1. The van der Waals surface area contributed by atoms with Gasteiger partial charge in [-0.05, 0) is 48.2 Å². The zero-order valence-corrected chi connectivity index (χ0v) is 11.0. The molecule has 17 heavy (non-hydrogen) atoms. The molecule has 0 spiro atoms. The molecule has 0 amide bonds. The van der Waals surface area contributed by atoms with Gasteiger partial charge >= 0.3 is 5.97 Å². The number of hydrogen-bond donors (Lipinski definition) is 0. The fourth-order valence-corrected chi connectivity index (χ4v) is 3.07. The lowest BCUT2D eigenvalue weighted by Gasteiger charge is -2.33. The van der Waals surface area contributed by atoms with Gasteiger partial charge in [-0.2, -0.15) is 11.3 Å². The number of carbonyl (C=O) groups excluding carboxylic acids is 1. The van der Waals surface area contributed by atoms with Gasteiger partial charge in [0.25, 0.3) is 0 Å². The smallest absolute Gasteiger partial charge is 0.323 e. The summed E-state index contributed by atoms with van der Waals surface area (Å²) >= 11 is 1.73. The number of carbonyl (C=O) groups is 1. The fourth-order valence-electron chi connectivity index (χ4n) is 2.37. The maximum absolute atomic E-state index is 11.7. The van der Waals surface area contributed by atoms with Gasteiger partial charge in [0.15, 0.2) is 0 Å². The predicted molar refractivity (Wildman–Crippen MR) is 69.3 cm³/mol. The molecule has 0 bridgehead atoms. The van der Waals surface area contributed by atoms with Crippen molar-refractivity contribution in [1.29, 1.82) is 0 Å². The lowest BCUT2D eigenvalue weighted by Crippen LogP contribution is -2.46. The van der Waals surface area contributed by atoms with Crippen LogP contribution in [-0.4, -0.2) is 37.1 Å². The van der Waals surface area contributed by atoms with E-state index >= 15 is 0 Å². The Hall–Kier alpha value is -0.870. The molecule has 1 aromatic heterocycles. The van der Waals surface area contributed by atoms with Crippen LogP contribution in [0.15, 0.2) is 16.8 Å². The Bertz CT molecular complexity index is 350. The Morgan fingerprint density at radius 1 is 1.59 bits per heavy atom. The highest BCUT2D eigenvalue weighted by Crippen LogP contribution is 2.19. The van der Waals surface area contributed by atoms with Crippen molar-refractivity contribution in [2.45, 2.75) is 31.7 Å². The lowest BCUT2D eigenvalue weighted by atomic mass is 10.0. The average Bonchev–Trinajstić information content (AvgIpc) is 2.89. The predicted octanol–water partition coefficient (Wildman–Crippen LogP) is 2.32. The Morgan fingerprint density at radius 3 is 3.18 bits per heavy atom. The Morgan fingerprint density at radius 2 is 2.47 bits per heavy atom. The molecule has 1 aliphatic heterocycles. The molecule has 0 saturated carbocycles. The maximum Gasteiger partial charge on any atom is 0.323 e. The first-order valence-electron chi connectivity index (χ1n) is 6.14. The van der Waals surface area contributed by atoms with Gasteiger partial charge in [-0.1, -0.05) is 6.42 Å². The number of thiophene rings is 1. The van der Waals surface area contributed by atoms with Gasteiger partial charge in [-0.15, -0.1) is 0 Å². The molecular formula is C13H19NO2S. The van der Waals surface area contributed by atoms with Gasteiger partial charge < -0.3 is 4.74 Å². The van der Waals surface area contributed by atoms with Gasteiger partial charge in [-0.3, -0.25) is 9.69 Å². The van der Waals surface area contributed by atoms with E-state index in [0.717, 1.165) is 32.4 Å². The van der Waals surface area contributed by atoms with Crippen LogP contribution in [-0.2, 0) is 16.0 Å². The molecule has 3 nitrogen and oxygen atoms in total. The first-order valence-corrected chi connectivity index (χ1v) is 7.08. The molecule has 2 rings (SSSR count). The van der Waals surface area contributed by atoms with Crippen LogP contribution < -0.4 is 0 Å². The van der Waals surface area contributed by atoms with E-state index in [-0.39, 0.29) is 12.0 Å². The topological polar surface area (TPSA) is 29.5 Å². The van der Waals surface area contributed by atoms with Crippen molar-refractivity contribution in [3.63, 3.8) is 0 Å². The summed E-state index contributed by atoms with van der Waals surface area (Å²) in [5.74, 6) is -0.0741. The third-order valence-corrected chi connectivity index (χ3v) is 4.09. The minimum absolute atomic E-state index is 0.0209. The summed E-state index contributed by atoms with van der Waals surface area (Å²) in [6.07, 6.45) is 4.29. The first-order chi connectivity index (χ1) is 8.31. The van der Waals surface area contributed by atoms with Crippen LogP contribution in [0.5, 0.6) is 0 Å². The van der Waals surface area contributed by atoms with Crippen molar-refractivity contribution in [2.75, 3.05) is 20.2 Å². The molecule has 94 valence electrons. The summed E-state index contributed by atoms with van der Waals surface area (Å²) in [5, 5.41) is 4.28. The van der Waals surface area contributed by atoms with E-state index in [0.29, 0.717) is 0 Å². The molecule has 0 N–H and O–H groups in total. The summed E-state index contributed by atoms with van der Waals surface area (Å²) in [6.45, 7) is 1.97. The van der Waals surface area contributed by atoms with Crippen LogP contribution >= 0.6 is 11.3 Å². The van der Waals surface area contributed by atoms with Crippen molar-refractivity contribution in [2.24, 2.45) is 0 Å². The molecule has 0 unspecified atom stereocenters. The SMILES string of the molecule is COC(=O)[C@H]1CCCCN1CCc1ccsc1. The zero-order valence-electron chi connectivity index (χ0n) is 10.2. The van der Waals surface area contributed by atoms with Gasteiger partial charge in [0.2, 0.25) is 0 Å². The fraction of sp³-hybridized carbons (Fsp3) is 0.615. The quantitative estimate of drug-likeness (QED) is 0.771. The lowest BCUT2D eigenvalue weighted by molar-refractivity contribution is -0.148. The Labute approximate surface area is 106 Å². The van der Waals surface area contributed by atoms with Gasteiger partial charge in [0.05, 0.1) is 7.11 Å². The third-order valence-electron chi connectivity index (χ3n) is 3.35. The van der Waals surface area contributed by atoms with Crippen LogP contribution in [0.4, 0.5) is 0 Å². The second-order valence-corrected chi connectivity index (χ2v) is 5.23.